The van der Waals surface area contributed by atoms with Gasteiger partial charge in [0, 0.05) is 72.5 Å². The Morgan fingerprint density at radius 2 is 1.38 bits per heavy atom. The standard InChI is InChI=1S/C63H59N4O.Pt/c1-41(2)43-30-33-64-59(35-43)67-55-23-14-13-22-49(55)50-28-27-48(39-58(50)67)68-47-21-17-20-46(38-47)65-40-66(57-25-16-15-24-56(57)65)60-51(42-18-11-10-12-19-42)36-45(61(3,4)5)37-52(60)44-26-29-53-54(34-44)63(8,9)32-31-62(53,6)7;/h10-30,33-37,40-41H,31-32H2,1-9H3;/q-3;/i10D,11D,12D,13D,14D,18D,19D,22D,23D,26D,29D,34D;. The molecule has 1 aliphatic heterocycles. The molecule has 3 heterocycles. The van der Waals surface area contributed by atoms with E-state index in [1.54, 1.807) is 29.0 Å². The van der Waals surface area contributed by atoms with Gasteiger partial charge in [-0.05, 0) is 116 Å². The van der Waals surface area contributed by atoms with Crippen LogP contribution in [0.5, 0.6) is 11.5 Å². The van der Waals surface area contributed by atoms with Gasteiger partial charge in [-0.1, -0.05) is 146 Å². The Hall–Kier alpha value is -6.42. The molecular weight excluding hydrogens is 1020 g/mol. The molecule has 11 rings (SSSR count). The largest absolute Gasteiger partial charge is 0.509 e. The van der Waals surface area contributed by atoms with E-state index in [0.717, 1.165) is 24.0 Å². The predicted octanol–water partition coefficient (Wildman–Crippen LogP) is 17.1. The van der Waals surface area contributed by atoms with Crippen molar-refractivity contribution in [2.24, 2.45) is 0 Å². The topological polar surface area (TPSA) is 33.5 Å². The number of nitrogens with zero attached hydrogens (tertiary/aromatic N) is 4. The van der Waals surface area contributed by atoms with Gasteiger partial charge in [-0.2, -0.15) is 12.1 Å². The molecule has 0 amide bonds. The fraction of sp³-hybridized carbons (Fsp3) is 0.238. The van der Waals surface area contributed by atoms with Gasteiger partial charge < -0.3 is 19.1 Å². The van der Waals surface area contributed by atoms with E-state index in [1.807, 2.05) is 97.9 Å². The summed E-state index contributed by atoms with van der Waals surface area (Å²) in [7, 11) is 0. The first kappa shape index (κ1) is 34.0. The van der Waals surface area contributed by atoms with Crippen LogP contribution in [0.25, 0.3) is 49.9 Å². The first-order chi connectivity index (χ1) is 37.6. The Bertz CT molecular complexity index is 4080. The number of hydrogen-bond acceptors (Lipinski definition) is 4. The Kier molecular flexibility index (Phi) is 8.62. The Morgan fingerprint density at radius 3 is 2.12 bits per heavy atom. The van der Waals surface area contributed by atoms with E-state index in [-0.39, 0.29) is 97.2 Å². The maximum absolute atomic E-state index is 10.2. The van der Waals surface area contributed by atoms with Gasteiger partial charge in [-0.3, -0.25) is 0 Å². The van der Waals surface area contributed by atoms with Gasteiger partial charge >= 0.3 is 0 Å². The number of benzene rings is 7. The van der Waals surface area contributed by atoms with Crippen LogP contribution in [-0.2, 0) is 37.3 Å². The van der Waals surface area contributed by atoms with Crippen molar-refractivity contribution in [2.75, 3.05) is 9.80 Å². The van der Waals surface area contributed by atoms with Gasteiger partial charge in [0.2, 0.25) is 0 Å². The SMILES string of the molecule is [2H]c1c([2H])c([2H])c(-c2cc(C(C)(C)C)cc(-c3c([2H])c([2H])c4c(c3[2H])C(C)(C)CCC4(C)C)c2N2[CH-]N(c3[c-]c(Oc4[c-]c5c(cc4)c4c([2H])c([2H])c([2H])c([2H])c4n5-c4cc(C(C)C)ccn4)ccc3)c3ccccc32)c([2H])c1[2H].[Pt]. The molecule has 0 saturated carbocycles. The second-order valence-electron chi connectivity index (χ2n) is 20.5. The zero-order valence-electron chi connectivity index (χ0n) is 52.2. The van der Waals surface area contributed by atoms with E-state index in [1.165, 1.54) is 0 Å². The number of pyridine rings is 1. The molecule has 0 N–H and O–H groups in total. The van der Waals surface area contributed by atoms with Crippen LogP contribution >= 0.6 is 0 Å². The molecular formula is C63H59N4OPt-3. The Labute approximate surface area is 439 Å². The molecule has 0 bridgehead atoms. The molecule has 5 nitrogen and oxygen atoms in total. The number of aromatic nitrogens is 2. The fourth-order valence-electron chi connectivity index (χ4n) is 9.59. The maximum Gasteiger partial charge on any atom is 0.135 e. The smallest absolute Gasteiger partial charge is 0.135 e. The molecule has 2 aromatic heterocycles. The average molecular weight is 1100 g/mol. The maximum atomic E-state index is 10.2. The molecule has 350 valence electrons. The molecule has 0 fully saturated rings. The fourth-order valence-corrected chi connectivity index (χ4v) is 9.59. The Balaban J connectivity index is 0.00000736. The molecule has 0 unspecified atom stereocenters. The third-order valence-corrected chi connectivity index (χ3v) is 13.6. The normalized spacial score (nSPS) is 17.5. The molecule has 2 aliphatic rings. The minimum Gasteiger partial charge on any atom is -0.509 e. The number of ether oxygens (including phenoxy) is 1. The van der Waals surface area contributed by atoms with Crippen molar-refractivity contribution in [2.45, 2.75) is 97.3 Å². The molecule has 0 atom stereocenters. The predicted molar refractivity (Wildman–Crippen MR) is 283 cm³/mol. The van der Waals surface area contributed by atoms with Crippen molar-refractivity contribution >= 4 is 44.6 Å². The van der Waals surface area contributed by atoms with E-state index in [4.69, 9.17) is 14.3 Å². The van der Waals surface area contributed by atoms with E-state index in [0.29, 0.717) is 67.3 Å². The molecule has 9 aromatic rings. The molecule has 6 heteroatoms. The summed E-state index contributed by atoms with van der Waals surface area (Å²) in [4.78, 5) is 8.46. The summed E-state index contributed by atoms with van der Waals surface area (Å²) in [5.41, 5.74) is 5.18. The third kappa shape index (κ3) is 8.27. The minimum absolute atomic E-state index is 0. The van der Waals surface area contributed by atoms with Gasteiger partial charge in [-0.25, -0.2) is 4.98 Å². The van der Waals surface area contributed by atoms with Crippen molar-refractivity contribution in [3.8, 4) is 39.6 Å². The zero-order chi connectivity index (χ0) is 57.6. The van der Waals surface area contributed by atoms with Crippen molar-refractivity contribution in [1.82, 2.24) is 9.55 Å². The van der Waals surface area contributed by atoms with E-state index in [2.05, 4.69) is 58.7 Å². The van der Waals surface area contributed by atoms with Crippen LogP contribution in [0.2, 0.25) is 0 Å². The first-order valence-electron chi connectivity index (χ1n) is 29.2. The number of anilines is 4. The van der Waals surface area contributed by atoms with Crippen LogP contribution in [0, 0.1) is 18.8 Å². The number of fused-ring (bicyclic) bond motifs is 5. The van der Waals surface area contributed by atoms with Crippen molar-refractivity contribution in [3.05, 3.63) is 199 Å². The van der Waals surface area contributed by atoms with E-state index >= 15 is 0 Å². The van der Waals surface area contributed by atoms with Crippen molar-refractivity contribution in [3.63, 3.8) is 0 Å². The van der Waals surface area contributed by atoms with E-state index in [9.17, 15) is 6.85 Å². The summed E-state index contributed by atoms with van der Waals surface area (Å²) in [5, 5.41) is 0.863. The number of rotatable bonds is 8. The second-order valence-corrected chi connectivity index (χ2v) is 20.5. The third-order valence-electron chi connectivity index (χ3n) is 13.6. The first-order valence-corrected chi connectivity index (χ1v) is 23.2. The molecule has 1 aliphatic carbocycles. The summed E-state index contributed by atoms with van der Waals surface area (Å²) in [6.07, 6.45) is 3.21. The number of para-hydroxylation sites is 3. The van der Waals surface area contributed by atoms with Gasteiger partial charge in [0.15, 0.2) is 0 Å². The van der Waals surface area contributed by atoms with Gasteiger partial charge in [0.05, 0.1) is 16.4 Å². The van der Waals surface area contributed by atoms with Crippen molar-refractivity contribution < 1.29 is 42.3 Å². The summed E-state index contributed by atoms with van der Waals surface area (Å²) >= 11 is 0. The van der Waals surface area contributed by atoms with Crippen molar-refractivity contribution in [1.29, 1.82) is 0 Å². The van der Waals surface area contributed by atoms with Crippen LogP contribution < -0.4 is 14.5 Å². The van der Waals surface area contributed by atoms with Crippen LogP contribution in [0.4, 0.5) is 22.7 Å². The average Bonchev–Trinajstić information content (AvgIpc) is 4.23. The zero-order valence-corrected chi connectivity index (χ0v) is 42.4. The molecule has 69 heavy (non-hydrogen) atoms. The monoisotopic (exact) mass is 1090 g/mol. The summed E-state index contributed by atoms with van der Waals surface area (Å²) in [6, 6.07) is 27.4. The van der Waals surface area contributed by atoms with Crippen LogP contribution in [0.1, 0.15) is 120 Å². The summed E-state index contributed by atoms with van der Waals surface area (Å²) in [5.74, 6) is 1.17. The summed E-state index contributed by atoms with van der Waals surface area (Å²) < 4.78 is 119. The summed E-state index contributed by atoms with van der Waals surface area (Å²) in [6.45, 7) is 20.3. The molecule has 0 spiro atoms. The van der Waals surface area contributed by atoms with Gasteiger partial charge in [0.1, 0.15) is 5.82 Å². The van der Waals surface area contributed by atoms with Crippen LogP contribution in [0.3, 0.4) is 0 Å². The molecule has 0 saturated heterocycles. The van der Waals surface area contributed by atoms with E-state index < -0.39 is 46.5 Å². The van der Waals surface area contributed by atoms with Crippen LogP contribution in [0.15, 0.2) is 158 Å². The Morgan fingerprint density at radius 1 is 0.696 bits per heavy atom. The molecule has 7 aromatic carbocycles. The van der Waals surface area contributed by atoms with Crippen LogP contribution in [-0.4, -0.2) is 9.55 Å². The second kappa shape index (κ2) is 17.5. The van der Waals surface area contributed by atoms with Gasteiger partial charge in [-0.15, -0.1) is 48.1 Å². The molecule has 0 radical (unpaired) electrons. The van der Waals surface area contributed by atoms with Gasteiger partial charge in [0.25, 0.3) is 0 Å². The number of hydrogen-bond donors (Lipinski definition) is 0. The quantitative estimate of drug-likeness (QED) is 0.142. The minimum atomic E-state index is -0.590.